The molecular formula is C10H9ClN4O3. The van der Waals surface area contributed by atoms with Crippen molar-refractivity contribution in [3.05, 3.63) is 33.1 Å². The summed E-state index contributed by atoms with van der Waals surface area (Å²) in [5, 5.41) is 21.6. The Morgan fingerprint density at radius 2 is 2.28 bits per heavy atom. The molecular weight excluding hydrogens is 260 g/mol. The van der Waals surface area contributed by atoms with Gasteiger partial charge in [0, 0.05) is 6.07 Å². The van der Waals surface area contributed by atoms with Crippen molar-refractivity contribution in [3.63, 3.8) is 0 Å². The third-order valence-electron chi connectivity index (χ3n) is 1.99. The van der Waals surface area contributed by atoms with Crippen LogP contribution in [0.15, 0.2) is 12.3 Å². The number of nitrogens with zero attached hydrogens (tertiary/aromatic N) is 3. The molecule has 18 heavy (non-hydrogen) atoms. The van der Waals surface area contributed by atoms with Gasteiger partial charge in [-0.25, -0.2) is 4.98 Å². The average molecular weight is 269 g/mol. The monoisotopic (exact) mass is 268 g/mol. The highest BCUT2D eigenvalue weighted by Gasteiger charge is 2.23. The number of carbonyl (C=O) groups is 1. The summed E-state index contributed by atoms with van der Waals surface area (Å²) in [5.41, 5.74) is -1.60. The lowest BCUT2D eigenvalue weighted by Crippen LogP contribution is -2.42. The maximum Gasteiger partial charge on any atom is 0.288 e. The summed E-state index contributed by atoms with van der Waals surface area (Å²) in [4.78, 5) is 25.2. The molecule has 7 nitrogen and oxygen atoms in total. The van der Waals surface area contributed by atoms with Gasteiger partial charge in [-0.05, 0) is 13.8 Å². The van der Waals surface area contributed by atoms with Crippen LogP contribution in [0.5, 0.6) is 0 Å². The number of pyridine rings is 1. The topological polar surface area (TPSA) is 109 Å². The molecule has 1 aromatic rings. The van der Waals surface area contributed by atoms with Gasteiger partial charge in [0.05, 0.1) is 16.6 Å². The number of aromatic nitrogens is 1. The van der Waals surface area contributed by atoms with E-state index < -0.39 is 16.4 Å². The number of nitrogens with one attached hydrogen (secondary N) is 1. The van der Waals surface area contributed by atoms with E-state index in [1.807, 2.05) is 6.07 Å². The van der Waals surface area contributed by atoms with Gasteiger partial charge in [0.2, 0.25) is 0 Å². The molecule has 0 aliphatic rings. The van der Waals surface area contributed by atoms with Gasteiger partial charge in [0.15, 0.2) is 0 Å². The van der Waals surface area contributed by atoms with Crippen LogP contribution in [-0.2, 0) is 0 Å². The van der Waals surface area contributed by atoms with Gasteiger partial charge in [0.1, 0.15) is 16.9 Å². The maximum atomic E-state index is 11.8. The van der Waals surface area contributed by atoms with Gasteiger partial charge < -0.3 is 5.32 Å². The van der Waals surface area contributed by atoms with Gasteiger partial charge in [0.25, 0.3) is 11.6 Å². The molecule has 0 atom stereocenters. The number of hydrogen-bond donors (Lipinski definition) is 1. The minimum absolute atomic E-state index is 0.144. The summed E-state index contributed by atoms with van der Waals surface area (Å²) in [6, 6.07) is 2.88. The summed E-state index contributed by atoms with van der Waals surface area (Å²) in [7, 11) is 0. The number of carbonyl (C=O) groups excluding carboxylic acids is 1. The molecule has 1 rings (SSSR count). The molecule has 1 amide bonds. The van der Waals surface area contributed by atoms with Crippen molar-refractivity contribution in [3.8, 4) is 6.07 Å². The lowest BCUT2D eigenvalue weighted by molar-refractivity contribution is -0.385. The highest BCUT2D eigenvalue weighted by Crippen LogP contribution is 2.19. The Bertz CT molecular complexity index is 551. The Hall–Kier alpha value is -2.20. The van der Waals surface area contributed by atoms with Crippen molar-refractivity contribution in [1.82, 2.24) is 10.3 Å². The maximum absolute atomic E-state index is 11.8. The van der Waals surface area contributed by atoms with E-state index in [-0.39, 0.29) is 16.4 Å². The number of nitriles is 1. The first-order chi connectivity index (χ1) is 8.26. The van der Waals surface area contributed by atoms with Gasteiger partial charge in [-0.1, -0.05) is 11.6 Å². The Balaban J connectivity index is 3.10. The molecule has 1 aromatic heterocycles. The standard InChI is InChI=1S/C10H9ClN4O3/c1-10(2,5-12)14-9(16)7-3-6(15(17)18)4-13-8(7)11/h3-4H,1-2H3,(H,14,16). The molecule has 0 saturated carbocycles. The third-order valence-corrected chi connectivity index (χ3v) is 2.29. The van der Waals surface area contributed by atoms with Gasteiger partial charge >= 0.3 is 0 Å². The van der Waals surface area contributed by atoms with Gasteiger partial charge in [-0.2, -0.15) is 5.26 Å². The molecule has 0 aliphatic carbocycles. The predicted molar refractivity (Wildman–Crippen MR) is 63.1 cm³/mol. The van der Waals surface area contributed by atoms with Crippen molar-refractivity contribution in [2.24, 2.45) is 0 Å². The first-order valence-corrected chi connectivity index (χ1v) is 5.18. The summed E-state index contributed by atoms with van der Waals surface area (Å²) < 4.78 is 0. The van der Waals surface area contributed by atoms with Gasteiger partial charge in [-0.15, -0.1) is 0 Å². The number of rotatable bonds is 3. The Morgan fingerprint density at radius 1 is 1.67 bits per heavy atom. The lowest BCUT2D eigenvalue weighted by atomic mass is 10.1. The first-order valence-electron chi connectivity index (χ1n) is 4.80. The molecule has 1 N–H and O–H groups in total. The second-order valence-corrected chi connectivity index (χ2v) is 4.34. The Kier molecular flexibility index (Phi) is 3.83. The summed E-state index contributed by atoms with van der Waals surface area (Å²) in [6.45, 7) is 2.98. The molecule has 0 fully saturated rings. The molecule has 0 aromatic carbocycles. The predicted octanol–water partition coefficient (Wildman–Crippen LogP) is 1.68. The fourth-order valence-corrected chi connectivity index (χ4v) is 1.26. The fraction of sp³-hybridized carbons (Fsp3) is 0.300. The minimum Gasteiger partial charge on any atom is -0.334 e. The molecule has 0 aliphatic heterocycles. The van der Waals surface area contributed by atoms with Crippen molar-refractivity contribution >= 4 is 23.2 Å². The number of amides is 1. The van der Waals surface area contributed by atoms with Crippen LogP contribution in [-0.4, -0.2) is 21.4 Å². The fourth-order valence-electron chi connectivity index (χ4n) is 1.08. The highest BCUT2D eigenvalue weighted by atomic mass is 35.5. The molecule has 8 heteroatoms. The minimum atomic E-state index is -1.11. The Labute approximate surface area is 108 Å². The van der Waals surface area contributed by atoms with Crippen LogP contribution in [0.3, 0.4) is 0 Å². The number of halogens is 1. The Morgan fingerprint density at radius 3 is 2.78 bits per heavy atom. The second kappa shape index (κ2) is 4.98. The lowest BCUT2D eigenvalue weighted by Gasteiger charge is -2.17. The van der Waals surface area contributed by atoms with Crippen LogP contribution in [0.2, 0.25) is 5.15 Å². The van der Waals surface area contributed by atoms with Crippen LogP contribution in [0.4, 0.5) is 5.69 Å². The van der Waals surface area contributed by atoms with Crippen LogP contribution in [0.1, 0.15) is 24.2 Å². The van der Waals surface area contributed by atoms with Crippen LogP contribution < -0.4 is 5.32 Å². The SMILES string of the molecule is CC(C)(C#N)NC(=O)c1cc([N+](=O)[O-])cnc1Cl. The quantitative estimate of drug-likeness (QED) is 0.509. The van der Waals surface area contributed by atoms with Crippen molar-refractivity contribution in [1.29, 1.82) is 5.26 Å². The third kappa shape index (κ3) is 3.15. The average Bonchev–Trinajstić information content (AvgIpc) is 2.28. The van der Waals surface area contributed by atoms with E-state index in [4.69, 9.17) is 16.9 Å². The molecule has 0 radical (unpaired) electrons. The zero-order valence-electron chi connectivity index (χ0n) is 9.60. The highest BCUT2D eigenvalue weighted by molar-refractivity contribution is 6.32. The van der Waals surface area contributed by atoms with Crippen LogP contribution in [0.25, 0.3) is 0 Å². The van der Waals surface area contributed by atoms with E-state index in [0.29, 0.717) is 0 Å². The molecule has 0 bridgehead atoms. The van der Waals surface area contributed by atoms with Crippen molar-refractivity contribution in [2.45, 2.75) is 19.4 Å². The molecule has 0 unspecified atom stereocenters. The van der Waals surface area contributed by atoms with E-state index in [2.05, 4.69) is 10.3 Å². The zero-order valence-corrected chi connectivity index (χ0v) is 10.4. The van der Waals surface area contributed by atoms with Crippen LogP contribution in [0, 0.1) is 21.4 Å². The van der Waals surface area contributed by atoms with Gasteiger partial charge in [-0.3, -0.25) is 14.9 Å². The first kappa shape index (κ1) is 13.9. The van der Waals surface area contributed by atoms with Crippen LogP contribution >= 0.6 is 11.6 Å². The molecule has 1 heterocycles. The van der Waals surface area contributed by atoms with E-state index >= 15 is 0 Å². The number of nitro groups is 1. The van der Waals surface area contributed by atoms with E-state index in [1.165, 1.54) is 13.8 Å². The molecule has 0 spiro atoms. The van der Waals surface area contributed by atoms with E-state index in [1.54, 1.807) is 0 Å². The molecule has 94 valence electrons. The van der Waals surface area contributed by atoms with E-state index in [9.17, 15) is 14.9 Å². The summed E-state index contributed by atoms with van der Waals surface area (Å²) >= 11 is 5.69. The summed E-state index contributed by atoms with van der Waals surface area (Å²) in [5.74, 6) is -0.692. The molecule has 0 saturated heterocycles. The van der Waals surface area contributed by atoms with E-state index in [0.717, 1.165) is 12.3 Å². The zero-order chi connectivity index (χ0) is 13.9. The second-order valence-electron chi connectivity index (χ2n) is 3.98. The largest absolute Gasteiger partial charge is 0.334 e. The smallest absolute Gasteiger partial charge is 0.288 e. The van der Waals surface area contributed by atoms with Crippen molar-refractivity contribution in [2.75, 3.05) is 0 Å². The normalized spacial score (nSPS) is 10.6. The number of hydrogen-bond acceptors (Lipinski definition) is 5. The van der Waals surface area contributed by atoms with Crippen molar-refractivity contribution < 1.29 is 9.72 Å². The summed E-state index contributed by atoms with van der Waals surface area (Å²) in [6.07, 6.45) is 0.953.